The highest BCUT2D eigenvalue weighted by atomic mass is 16.7. The van der Waals surface area contributed by atoms with E-state index in [-0.39, 0.29) is 17.4 Å². The molecule has 0 N–H and O–H groups in total. The summed E-state index contributed by atoms with van der Waals surface area (Å²) in [6, 6.07) is 2.04. The fourth-order valence-corrected chi connectivity index (χ4v) is 2.80. The Balaban J connectivity index is 1.81. The third-order valence-electron chi connectivity index (χ3n) is 4.86. The maximum absolute atomic E-state index is 6.07. The van der Waals surface area contributed by atoms with E-state index in [1.807, 2.05) is 10.7 Å². The van der Waals surface area contributed by atoms with Gasteiger partial charge in [0.2, 0.25) is 0 Å². The van der Waals surface area contributed by atoms with Gasteiger partial charge in [-0.05, 0) is 59.9 Å². The molecule has 0 saturated carbocycles. The Morgan fingerprint density at radius 1 is 1.19 bits per heavy atom. The van der Waals surface area contributed by atoms with Crippen LogP contribution in [0.2, 0.25) is 0 Å². The van der Waals surface area contributed by atoms with Gasteiger partial charge in [0.1, 0.15) is 6.23 Å². The van der Waals surface area contributed by atoms with Gasteiger partial charge in [0.25, 0.3) is 0 Å². The van der Waals surface area contributed by atoms with Gasteiger partial charge >= 0.3 is 7.12 Å². The Morgan fingerprint density at radius 3 is 2.43 bits per heavy atom. The van der Waals surface area contributed by atoms with Gasteiger partial charge < -0.3 is 14.0 Å². The molecule has 2 aliphatic heterocycles. The first kappa shape index (κ1) is 15.1. The van der Waals surface area contributed by atoms with Crippen LogP contribution < -0.4 is 5.59 Å². The Labute approximate surface area is 127 Å². The predicted molar refractivity (Wildman–Crippen MR) is 81.5 cm³/mol. The maximum Gasteiger partial charge on any atom is 0.516 e. The molecular formula is C15H25BN2O3. The normalized spacial score (nSPS) is 28.0. The van der Waals surface area contributed by atoms with Gasteiger partial charge in [0.05, 0.1) is 16.8 Å². The summed E-state index contributed by atoms with van der Waals surface area (Å²) in [6.45, 7) is 11.1. The van der Waals surface area contributed by atoms with Crippen molar-refractivity contribution >= 4 is 12.7 Å². The minimum Gasteiger partial charge on any atom is -0.398 e. The van der Waals surface area contributed by atoms with Crippen molar-refractivity contribution in [2.45, 2.75) is 71.3 Å². The van der Waals surface area contributed by atoms with Crippen molar-refractivity contribution in [1.29, 1.82) is 0 Å². The number of hydrogen-bond acceptors (Lipinski definition) is 4. The molecule has 0 aliphatic carbocycles. The smallest absolute Gasteiger partial charge is 0.398 e. The minimum atomic E-state index is -0.404. The molecule has 116 valence electrons. The number of aromatic nitrogens is 2. The van der Waals surface area contributed by atoms with E-state index in [0.717, 1.165) is 30.7 Å². The lowest BCUT2D eigenvalue weighted by atomic mass is 9.85. The Kier molecular flexibility index (Phi) is 3.67. The second kappa shape index (κ2) is 5.11. The molecule has 0 bridgehead atoms. The second-order valence-electron chi connectivity index (χ2n) is 7.06. The fraction of sp³-hybridized carbons (Fsp3) is 0.800. The average molecular weight is 292 g/mol. The summed E-state index contributed by atoms with van der Waals surface area (Å²) >= 11 is 0. The molecule has 1 unspecified atom stereocenters. The van der Waals surface area contributed by atoms with E-state index in [9.17, 15) is 0 Å². The Morgan fingerprint density at radius 2 is 1.86 bits per heavy atom. The van der Waals surface area contributed by atoms with Crippen LogP contribution in [0.1, 0.15) is 58.9 Å². The van der Waals surface area contributed by atoms with E-state index in [1.54, 1.807) is 0 Å². The van der Waals surface area contributed by atoms with Crippen LogP contribution in [0.4, 0.5) is 0 Å². The van der Waals surface area contributed by atoms with E-state index in [2.05, 4.69) is 39.7 Å². The maximum atomic E-state index is 6.07. The number of aryl methyl sites for hydroxylation is 1. The van der Waals surface area contributed by atoms with Crippen LogP contribution in [0.3, 0.4) is 0 Å². The van der Waals surface area contributed by atoms with Crippen molar-refractivity contribution in [3.63, 3.8) is 0 Å². The number of nitrogens with zero attached hydrogens (tertiary/aromatic N) is 2. The highest BCUT2D eigenvalue weighted by Crippen LogP contribution is 2.36. The summed E-state index contributed by atoms with van der Waals surface area (Å²) in [7, 11) is -0.404. The van der Waals surface area contributed by atoms with Crippen molar-refractivity contribution in [1.82, 2.24) is 9.78 Å². The van der Waals surface area contributed by atoms with Gasteiger partial charge in [0, 0.05) is 12.3 Å². The van der Waals surface area contributed by atoms with Crippen LogP contribution in [-0.2, 0) is 14.0 Å². The molecular weight excluding hydrogens is 267 g/mol. The minimum absolute atomic E-state index is 0.0509. The van der Waals surface area contributed by atoms with Gasteiger partial charge in [-0.25, -0.2) is 4.68 Å². The summed E-state index contributed by atoms with van der Waals surface area (Å²) in [5.41, 5.74) is 1.25. The SMILES string of the molecule is Cc1cc(B2OC(C)(C)C(C)(C)O2)nn1C1CCCCO1. The molecule has 0 amide bonds. The molecule has 1 aromatic heterocycles. The molecule has 0 radical (unpaired) electrons. The number of rotatable bonds is 2. The molecule has 0 spiro atoms. The summed E-state index contributed by atoms with van der Waals surface area (Å²) in [4.78, 5) is 0. The predicted octanol–water partition coefficient (Wildman–Crippen LogP) is 2.19. The van der Waals surface area contributed by atoms with Gasteiger partial charge in [-0.2, -0.15) is 5.10 Å². The first-order valence-electron chi connectivity index (χ1n) is 7.83. The van der Waals surface area contributed by atoms with Gasteiger partial charge in [-0.15, -0.1) is 0 Å². The van der Waals surface area contributed by atoms with Gasteiger partial charge in [-0.3, -0.25) is 0 Å². The molecule has 1 aromatic rings. The molecule has 21 heavy (non-hydrogen) atoms. The molecule has 2 aliphatic rings. The van der Waals surface area contributed by atoms with Crippen molar-refractivity contribution in [2.75, 3.05) is 6.61 Å². The van der Waals surface area contributed by atoms with E-state index in [4.69, 9.17) is 14.0 Å². The standard InChI is InChI=1S/C15H25BN2O3/c1-11-10-12(16-20-14(2,3)15(4,5)21-16)17-18(11)13-8-6-7-9-19-13/h10,13H,6-9H2,1-5H3. The van der Waals surface area contributed by atoms with Gasteiger partial charge in [0.15, 0.2) is 0 Å². The molecule has 2 saturated heterocycles. The molecule has 3 rings (SSSR count). The average Bonchev–Trinajstić information content (AvgIpc) is 2.89. The molecule has 5 nitrogen and oxygen atoms in total. The third kappa shape index (κ3) is 2.65. The molecule has 1 atom stereocenters. The summed E-state index contributed by atoms with van der Waals surface area (Å²) in [5.74, 6) is 0. The van der Waals surface area contributed by atoms with Crippen LogP contribution in [0, 0.1) is 6.92 Å². The van der Waals surface area contributed by atoms with Crippen molar-refractivity contribution < 1.29 is 14.0 Å². The lowest BCUT2D eigenvalue weighted by molar-refractivity contribution is -0.0404. The van der Waals surface area contributed by atoms with E-state index in [0.29, 0.717) is 0 Å². The summed E-state index contributed by atoms with van der Waals surface area (Å²) in [5, 5.41) is 4.69. The number of hydrogen-bond donors (Lipinski definition) is 0. The van der Waals surface area contributed by atoms with E-state index >= 15 is 0 Å². The monoisotopic (exact) mass is 292 g/mol. The highest BCUT2D eigenvalue weighted by molar-refractivity contribution is 6.61. The molecule has 6 heteroatoms. The number of ether oxygens (including phenoxy) is 1. The van der Waals surface area contributed by atoms with E-state index in [1.165, 1.54) is 6.42 Å². The fourth-order valence-electron chi connectivity index (χ4n) is 2.80. The largest absolute Gasteiger partial charge is 0.516 e. The Bertz CT molecular complexity index is 505. The zero-order valence-corrected chi connectivity index (χ0v) is 13.7. The van der Waals surface area contributed by atoms with E-state index < -0.39 is 7.12 Å². The molecule has 3 heterocycles. The van der Waals surface area contributed by atoms with Crippen LogP contribution in [-0.4, -0.2) is 34.7 Å². The van der Waals surface area contributed by atoms with Crippen LogP contribution in [0.5, 0.6) is 0 Å². The quantitative estimate of drug-likeness (QED) is 0.784. The van der Waals surface area contributed by atoms with Crippen molar-refractivity contribution in [3.8, 4) is 0 Å². The first-order chi connectivity index (χ1) is 9.80. The third-order valence-corrected chi connectivity index (χ3v) is 4.86. The topological polar surface area (TPSA) is 45.5 Å². The van der Waals surface area contributed by atoms with Crippen LogP contribution >= 0.6 is 0 Å². The van der Waals surface area contributed by atoms with Gasteiger partial charge in [-0.1, -0.05) is 0 Å². The van der Waals surface area contributed by atoms with Crippen molar-refractivity contribution in [2.24, 2.45) is 0 Å². The Hall–Kier alpha value is -0.845. The lowest BCUT2D eigenvalue weighted by Gasteiger charge is -2.32. The first-order valence-corrected chi connectivity index (χ1v) is 7.83. The van der Waals surface area contributed by atoms with Crippen LogP contribution in [0.15, 0.2) is 6.07 Å². The second-order valence-corrected chi connectivity index (χ2v) is 7.06. The summed E-state index contributed by atoms with van der Waals surface area (Å²) < 4.78 is 19.9. The zero-order chi connectivity index (χ0) is 15.3. The molecule has 0 aromatic carbocycles. The van der Waals surface area contributed by atoms with Crippen molar-refractivity contribution in [3.05, 3.63) is 11.8 Å². The highest BCUT2D eigenvalue weighted by Gasteiger charge is 2.52. The molecule has 2 fully saturated rings. The lowest BCUT2D eigenvalue weighted by Crippen LogP contribution is -2.41. The zero-order valence-electron chi connectivity index (χ0n) is 13.7. The summed E-state index contributed by atoms with van der Waals surface area (Å²) in [6.07, 6.45) is 3.40. The van der Waals surface area contributed by atoms with Crippen LogP contribution in [0.25, 0.3) is 0 Å².